The van der Waals surface area contributed by atoms with Gasteiger partial charge in [-0.15, -0.1) is 0 Å². The van der Waals surface area contributed by atoms with Crippen molar-refractivity contribution in [3.8, 4) is 0 Å². The van der Waals surface area contributed by atoms with Crippen LogP contribution >= 0.6 is 11.6 Å². The highest BCUT2D eigenvalue weighted by molar-refractivity contribution is 6.30. The van der Waals surface area contributed by atoms with Crippen LogP contribution in [0.1, 0.15) is 45.1 Å². The first-order valence-corrected chi connectivity index (χ1v) is 8.00. The van der Waals surface area contributed by atoms with E-state index < -0.39 is 5.54 Å². The molecule has 1 amide bonds. The van der Waals surface area contributed by atoms with E-state index in [-0.39, 0.29) is 11.3 Å². The molecule has 0 saturated heterocycles. The molecule has 3 N–H and O–H groups in total. The van der Waals surface area contributed by atoms with Crippen molar-refractivity contribution in [2.75, 3.05) is 6.54 Å². The molecule has 0 bridgehead atoms. The van der Waals surface area contributed by atoms with Crippen LogP contribution in [0.4, 0.5) is 0 Å². The number of nitrogens with one attached hydrogen (secondary N) is 1. The molecule has 1 aromatic carbocycles. The third-order valence-electron chi connectivity index (χ3n) is 4.25. The zero-order valence-electron chi connectivity index (χ0n) is 12.9. The van der Waals surface area contributed by atoms with Gasteiger partial charge < -0.3 is 11.1 Å². The zero-order chi connectivity index (χ0) is 15.5. The molecule has 116 valence electrons. The quantitative estimate of drug-likeness (QED) is 0.877. The number of hydrogen-bond donors (Lipinski definition) is 2. The first-order chi connectivity index (χ1) is 9.81. The third kappa shape index (κ3) is 4.45. The van der Waals surface area contributed by atoms with Gasteiger partial charge >= 0.3 is 0 Å². The lowest BCUT2D eigenvalue weighted by molar-refractivity contribution is -0.126. The van der Waals surface area contributed by atoms with E-state index in [9.17, 15) is 4.79 Å². The van der Waals surface area contributed by atoms with Crippen LogP contribution in [0.5, 0.6) is 0 Å². The van der Waals surface area contributed by atoms with Crippen LogP contribution in [0.15, 0.2) is 24.3 Å². The number of nitrogens with two attached hydrogens (primary N) is 1. The molecule has 21 heavy (non-hydrogen) atoms. The maximum Gasteiger partial charge on any atom is 0.240 e. The summed E-state index contributed by atoms with van der Waals surface area (Å²) < 4.78 is 0. The second kappa shape index (κ2) is 6.37. The van der Waals surface area contributed by atoms with Crippen molar-refractivity contribution in [2.24, 2.45) is 11.1 Å². The highest BCUT2D eigenvalue weighted by atomic mass is 35.5. The molecule has 0 radical (unpaired) electrons. The molecule has 2 rings (SSSR count). The summed E-state index contributed by atoms with van der Waals surface area (Å²) in [6, 6.07) is 7.88. The van der Waals surface area contributed by atoms with E-state index in [4.69, 9.17) is 17.3 Å². The van der Waals surface area contributed by atoms with Gasteiger partial charge in [0.2, 0.25) is 5.91 Å². The molecule has 0 unspecified atom stereocenters. The van der Waals surface area contributed by atoms with Gasteiger partial charge in [0.05, 0.1) is 5.54 Å². The van der Waals surface area contributed by atoms with Crippen LogP contribution in [0.25, 0.3) is 0 Å². The normalized spacial score (nSPS) is 17.7. The van der Waals surface area contributed by atoms with Gasteiger partial charge in [0.15, 0.2) is 0 Å². The minimum Gasteiger partial charge on any atom is -0.354 e. The van der Waals surface area contributed by atoms with E-state index >= 15 is 0 Å². The van der Waals surface area contributed by atoms with Crippen LogP contribution in [0.3, 0.4) is 0 Å². The van der Waals surface area contributed by atoms with E-state index in [0.717, 1.165) is 37.1 Å². The van der Waals surface area contributed by atoms with Gasteiger partial charge in [-0.3, -0.25) is 4.79 Å². The summed E-state index contributed by atoms with van der Waals surface area (Å²) >= 11 is 6.02. The standard InChI is InChI=1S/C17H25ClN2O/c1-16(2,11-13-6-5-7-14(18)10-13)12-20-15(21)17(19)8-3-4-9-17/h5-7,10H,3-4,8-9,11-12,19H2,1-2H3,(H,20,21). The summed E-state index contributed by atoms with van der Waals surface area (Å²) in [5, 5.41) is 3.79. The monoisotopic (exact) mass is 308 g/mol. The topological polar surface area (TPSA) is 55.1 Å². The van der Waals surface area contributed by atoms with Crippen molar-refractivity contribution < 1.29 is 4.79 Å². The van der Waals surface area contributed by atoms with Gasteiger partial charge in [-0.2, -0.15) is 0 Å². The summed E-state index contributed by atoms with van der Waals surface area (Å²) in [6.45, 7) is 4.91. The molecule has 1 aliphatic rings. The molecule has 4 heteroatoms. The maximum atomic E-state index is 12.3. The molecule has 0 aliphatic heterocycles. The Kier molecular flexibility index (Phi) is 4.95. The van der Waals surface area contributed by atoms with Crippen molar-refractivity contribution in [3.63, 3.8) is 0 Å². The number of carbonyl (C=O) groups is 1. The number of carbonyl (C=O) groups excluding carboxylic acids is 1. The van der Waals surface area contributed by atoms with Crippen molar-refractivity contribution in [1.29, 1.82) is 0 Å². The summed E-state index contributed by atoms with van der Waals surface area (Å²) in [5.41, 5.74) is 6.68. The summed E-state index contributed by atoms with van der Waals surface area (Å²) in [6.07, 6.45) is 4.57. The number of hydrogen-bond acceptors (Lipinski definition) is 2. The molecule has 0 heterocycles. The van der Waals surface area contributed by atoms with E-state index in [1.807, 2.05) is 18.2 Å². The van der Waals surface area contributed by atoms with Crippen molar-refractivity contribution >= 4 is 17.5 Å². The summed E-state index contributed by atoms with van der Waals surface area (Å²) in [5.74, 6) is -0.000769. The number of rotatable bonds is 5. The predicted molar refractivity (Wildman–Crippen MR) is 87.3 cm³/mol. The molecule has 3 nitrogen and oxygen atoms in total. The first kappa shape index (κ1) is 16.3. The Bertz CT molecular complexity index is 507. The Labute approximate surface area is 132 Å². The zero-order valence-corrected chi connectivity index (χ0v) is 13.7. The largest absolute Gasteiger partial charge is 0.354 e. The fourth-order valence-electron chi connectivity index (χ4n) is 2.99. The molecule has 0 atom stereocenters. The Morgan fingerprint density at radius 3 is 2.67 bits per heavy atom. The van der Waals surface area contributed by atoms with Crippen LogP contribution in [0.2, 0.25) is 5.02 Å². The van der Waals surface area contributed by atoms with E-state index in [1.54, 1.807) is 0 Å². The minimum atomic E-state index is -0.647. The molecule has 1 aliphatic carbocycles. The smallest absolute Gasteiger partial charge is 0.240 e. The average Bonchev–Trinajstić information content (AvgIpc) is 2.84. The van der Waals surface area contributed by atoms with Gasteiger partial charge in [-0.05, 0) is 42.4 Å². The number of benzene rings is 1. The van der Waals surface area contributed by atoms with Crippen LogP contribution in [-0.4, -0.2) is 18.0 Å². The molecule has 1 fully saturated rings. The molecule has 0 spiro atoms. The predicted octanol–water partition coefficient (Wildman–Crippen LogP) is 3.30. The van der Waals surface area contributed by atoms with E-state index in [0.29, 0.717) is 6.54 Å². The number of amides is 1. The number of halogens is 1. The molecule has 1 aromatic rings. The highest BCUT2D eigenvalue weighted by Gasteiger charge is 2.37. The van der Waals surface area contributed by atoms with Gasteiger partial charge in [0.25, 0.3) is 0 Å². The second-order valence-electron chi connectivity index (χ2n) is 7.02. The van der Waals surface area contributed by atoms with Crippen LogP contribution in [0, 0.1) is 5.41 Å². The third-order valence-corrected chi connectivity index (χ3v) is 4.48. The second-order valence-corrected chi connectivity index (χ2v) is 7.45. The molecular formula is C17H25ClN2O. The molecule has 0 aromatic heterocycles. The minimum absolute atomic E-state index is 0.000769. The van der Waals surface area contributed by atoms with Crippen molar-refractivity contribution in [1.82, 2.24) is 5.32 Å². The van der Waals surface area contributed by atoms with Crippen molar-refractivity contribution in [2.45, 2.75) is 51.5 Å². The van der Waals surface area contributed by atoms with E-state index in [1.165, 1.54) is 5.56 Å². The van der Waals surface area contributed by atoms with Gasteiger partial charge in [-0.1, -0.05) is 50.4 Å². The Morgan fingerprint density at radius 2 is 2.05 bits per heavy atom. The lowest BCUT2D eigenvalue weighted by atomic mass is 9.85. The Morgan fingerprint density at radius 1 is 1.38 bits per heavy atom. The first-order valence-electron chi connectivity index (χ1n) is 7.62. The highest BCUT2D eigenvalue weighted by Crippen LogP contribution is 2.28. The van der Waals surface area contributed by atoms with Gasteiger partial charge in [0.1, 0.15) is 0 Å². The summed E-state index contributed by atoms with van der Waals surface area (Å²) in [7, 11) is 0. The summed E-state index contributed by atoms with van der Waals surface area (Å²) in [4.78, 5) is 12.3. The fraction of sp³-hybridized carbons (Fsp3) is 0.588. The average molecular weight is 309 g/mol. The van der Waals surface area contributed by atoms with Crippen molar-refractivity contribution in [3.05, 3.63) is 34.9 Å². The molecular weight excluding hydrogens is 284 g/mol. The molecule has 1 saturated carbocycles. The van der Waals surface area contributed by atoms with Gasteiger partial charge in [-0.25, -0.2) is 0 Å². The van der Waals surface area contributed by atoms with E-state index in [2.05, 4.69) is 25.2 Å². The lowest BCUT2D eigenvalue weighted by Gasteiger charge is -2.29. The Balaban J connectivity index is 1.90. The Hall–Kier alpha value is -1.06. The SMILES string of the molecule is CC(C)(CNC(=O)C1(N)CCCC1)Cc1cccc(Cl)c1. The van der Waals surface area contributed by atoms with Crippen LogP contribution < -0.4 is 11.1 Å². The maximum absolute atomic E-state index is 12.3. The van der Waals surface area contributed by atoms with Gasteiger partial charge in [0, 0.05) is 11.6 Å². The van der Waals surface area contributed by atoms with Crippen LogP contribution in [-0.2, 0) is 11.2 Å². The fourth-order valence-corrected chi connectivity index (χ4v) is 3.20. The lowest BCUT2D eigenvalue weighted by Crippen LogP contribution is -2.53.